The molecule has 0 saturated carbocycles. The summed E-state index contributed by atoms with van der Waals surface area (Å²) in [5.41, 5.74) is -1.30. The van der Waals surface area contributed by atoms with Gasteiger partial charge in [-0.25, -0.2) is 13.8 Å². The average Bonchev–Trinajstić information content (AvgIpc) is 2.08. The molecule has 0 aliphatic heterocycles. The van der Waals surface area contributed by atoms with Gasteiger partial charge >= 0.3 is 0 Å². The second-order valence-corrected chi connectivity index (χ2v) is 4.04. The molecule has 0 aromatic carbocycles. The molecule has 4 nitrogen and oxygen atoms in total. The van der Waals surface area contributed by atoms with Crippen LogP contribution in [0.3, 0.4) is 0 Å². The van der Waals surface area contributed by atoms with Gasteiger partial charge in [0.25, 0.3) is 12.1 Å². The summed E-state index contributed by atoms with van der Waals surface area (Å²) in [6.07, 6.45) is -2.09. The Hall–Kier alpha value is -0.380. The van der Waals surface area contributed by atoms with E-state index in [2.05, 4.69) is 20.9 Å². The first-order valence-corrected chi connectivity index (χ1v) is 5.08. The van der Waals surface area contributed by atoms with E-state index in [4.69, 9.17) is 0 Å². The molecule has 1 heterocycles. The largest absolute Gasteiger partial charge is 0.296 e. The summed E-state index contributed by atoms with van der Waals surface area (Å²) in [7, 11) is 0. The van der Waals surface area contributed by atoms with Crippen LogP contribution >= 0.6 is 38.5 Å². The van der Waals surface area contributed by atoms with Crippen molar-refractivity contribution >= 4 is 44.2 Å². The number of pyridine rings is 1. The van der Waals surface area contributed by atoms with Gasteiger partial charge < -0.3 is 0 Å². The molecule has 14 heavy (non-hydrogen) atoms. The Labute approximate surface area is 99.1 Å². The van der Waals surface area contributed by atoms with E-state index in [1.165, 1.54) is 0 Å². The molecule has 0 amide bonds. The summed E-state index contributed by atoms with van der Waals surface area (Å²) in [6, 6.07) is 0. The van der Waals surface area contributed by atoms with Gasteiger partial charge in [0.15, 0.2) is 0 Å². The Morgan fingerprint density at radius 1 is 1.64 bits per heavy atom. The molecule has 1 aromatic heterocycles. The molecule has 0 radical (unpaired) electrons. The molecular weight excluding hydrogens is 377 g/mol. The Morgan fingerprint density at radius 3 is 2.64 bits per heavy atom. The minimum Gasteiger partial charge on any atom is -0.258 e. The van der Waals surface area contributed by atoms with Crippen molar-refractivity contribution in [3.63, 3.8) is 0 Å². The molecule has 0 unspecified atom stereocenters. The predicted molar refractivity (Wildman–Crippen MR) is 56.3 cm³/mol. The third-order valence-corrected chi connectivity index (χ3v) is 3.71. The first-order valence-electron chi connectivity index (χ1n) is 3.21. The fourth-order valence-electron chi connectivity index (χ4n) is 0.814. The number of halogens is 4. The van der Waals surface area contributed by atoms with Gasteiger partial charge in [-0.05, 0) is 38.5 Å². The summed E-state index contributed by atoms with van der Waals surface area (Å²) in [5.74, 6) is 0. The topological polar surface area (TPSA) is 56.0 Å². The molecule has 0 aliphatic rings. The minimum atomic E-state index is -2.91. The van der Waals surface area contributed by atoms with Gasteiger partial charge in [0.2, 0.25) is 0 Å². The molecule has 0 N–H and O–H groups in total. The Balaban J connectivity index is 3.45. The van der Waals surface area contributed by atoms with Crippen LogP contribution in [0.1, 0.15) is 12.0 Å². The van der Waals surface area contributed by atoms with Crippen LogP contribution in [0.4, 0.5) is 14.5 Å². The molecule has 8 heteroatoms. The van der Waals surface area contributed by atoms with Crippen LogP contribution in [0.2, 0.25) is 0 Å². The highest BCUT2D eigenvalue weighted by atomic mass is 127. The van der Waals surface area contributed by atoms with Crippen molar-refractivity contribution in [3.05, 3.63) is 30.0 Å². The zero-order valence-electron chi connectivity index (χ0n) is 6.38. The van der Waals surface area contributed by atoms with Gasteiger partial charge in [0.05, 0.1) is 4.92 Å². The highest BCUT2D eigenvalue weighted by Crippen LogP contribution is 2.36. The van der Waals surface area contributed by atoms with Gasteiger partial charge in [-0.15, -0.1) is 0 Å². The number of alkyl halides is 2. The fraction of sp³-hybridized carbons (Fsp3) is 0.167. The van der Waals surface area contributed by atoms with Crippen LogP contribution in [-0.4, -0.2) is 9.91 Å². The predicted octanol–water partition coefficient (Wildman–Crippen LogP) is 3.29. The Kier molecular flexibility index (Phi) is 3.70. The second-order valence-electron chi connectivity index (χ2n) is 2.22. The lowest BCUT2D eigenvalue weighted by Gasteiger charge is -2.03. The smallest absolute Gasteiger partial charge is 0.258 e. The van der Waals surface area contributed by atoms with E-state index in [1.54, 1.807) is 22.6 Å². The van der Waals surface area contributed by atoms with Gasteiger partial charge in [-0.3, -0.25) is 10.1 Å². The van der Waals surface area contributed by atoms with Gasteiger partial charge in [0.1, 0.15) is 13.7 Å². The normalized spacial score (nSPS) is 10.6. The lowest BCUT2D eigenvalue weighted by atomic mass is 10.2. The quantitative estimate of drug-likeness (QED) is 0.343. The van der Waals surface area contributed by atoms with Crippen LogP contribution in [0.15, 0.2) is 10.7 Å². The van der Waals surface area contributed by atoms with Crippen molar-refractivity contribution in [1.29, 1.82) is 0 Å². The van der Waals surface area contributed by atoms with E-state index >= 15 is 0 Å². The first-order chi connectivity index (χ1) is 6.45. The molecule has 76 valence electrons. The van der Waals surface area contributed by atoms with Crippen molar-refractivity contribution in [2.24, 2.45) is 0 Å². The van der Waals surface area contributed by atoms with Gasteiger partial charge in [-0.2, -0.15) is 0 Å². The number of nitrogens with zero attached hydrogens (tertiary/aromatic N) is 2. The van der Waals surface area contributed by atoms with Crippen LogP contribution in [0.5, 0.6) is 0 Å². The van der Waals surface area contributed by atoms with Crippen LogP contribution < -0.4 is 0 Å². The van der Waals surface area contributed by atoms with Crippen LogP contribution in [0, 0.1) is 13.8 Å². The van der Waals surface area contributed by atoms with Gasteiger partial charge in [-0.1, -0.05) is 0 Å². The van der Waals surface area contributed by atoms with Crippen LogP contribution in [0.25, 0.3) is 0 Å². The van der Waals surface area contributed by atoms with Crippen LogP contribution in [-0.2, 0) is 0 Å². The third kappa shape index (κ3) is 2.16. The number of rotatable bonds is 2. The molecule has 0 spiro atoms. The Morgan fingerprint density at radius 2 is 2.21 bits per heavy atom. The van der Waals surface area contributed by atoms with Gasteiger partial charge in [0, 0.05) is 6.20 Å². The lowest BCUT2D eigenvalue weighted by Crippen LogP contribution is -2.00. The third-order valence-electron chi connectivity index (χ3n) is 1.40. The molecule has 0 saturated heterocycles. The molecule has 1 rings (SSSR count). The summed E-state index contributed by atoms with van der Waals surface area (Å²) in [5, 5.41) is 10.5. The van der Waals surface area contributed by atoms with Crippen molar-refractivity contribution in [2.45, 2.75) is 6.43 Å². The average molecular weight is 379 g/mol. The van der Waals surface area contributed by atoms with Crippen molar-refractivity contribution in [3.8, 4) is 0 Å². The second kappa shape index (κ2) is 4.43. The molecule has 0 bridgehead atoms. The molecular formula is C6H2BrF2IN2O2. The Bertz CT molecular complexity index is 388. The van der Waals surface area contributed by atoms with E-state index in [-0.39, 0.29) is 8.17 Å². The lowest BCUT2D eigenvalue weighted by molar-refractivity contribution is -0.387. The highest BCUT2D eigenvalue weighted by Gasteiger charge is 2.27. The molecule has 0 fully saturated rings. The molecule has 0 atom stereocenters. The SMILES string of the molecule is O=[N+]([O-])c1c(C(F)F)cnc(I)c1Br. The first kappa shape index (κ1) is 11.7. The zero-order valence-corrected chi connectivity index (χ0v) is 10.1. The number of nitro groups is 1. The summed E-state index contributed by atoms with van der Waals surface area (Å²) in [4.78, 5) is 13.3. The van der Waals surface area contributed by atoms with Crippen molar-refractivity contribution in [2.75, 3.05) is 0 Å². The van der Waals surface area contributed by atoms with Crippen molar-refractivity contribution < 1.29 is 13.7 Å². The summed E-state index contributed by atoms with van der Waals surface area (Å²) < 4.78 is 24.9. The maximum absolute atomic E-state index is 12.3. The maximum Gasteiger partial charge on any atom is 0.296 e. The number of aromatic nitrogens is 1. The molecule has 0 aliphatic carbocycles. The summed E-state index contributed by atoms with van der Waals surface area (Å²) >= 11 is 4.57. The minimum absolute atomic E-state index is 0.0131. The summed E-state index contributed by atoms with van der Waals surface area (Å²) in [6.45, 7) is 0. The monoisotopic (exact) mass is 378 g/mol. The van der Waals surface area contributed by atoms with E-state index < -0.39 is 22.6 Å². The van der Waals surface area contributed by atoms with E-state index in [1.807, 2.05) is 0 Å². The van der Waals surface area contributed by atoms with E-state index in [9.17, 15) is 18.9 Å². The fourth-order valence-corrected chi connectivity index (χ4v) is 1.68. The standard InChI is InChI=1S/C6H2BrF2IN2O2/c7-3-4(12(13)14)2(5(8)9)1-11-6(3)10/h1,5H. The van der Waals surface area contributed by atoms with E-state index in [0.717, 1.165) is 6.20 Å². The maximum atomic E-state index is 12.3. The number of hydrogen-bond donors (Lipinski definition) is 0. The number of hydrogen-bond acceptors (Lipinski definition) is 3. The molecule has 1 aromatic rings. The highest BCUT2D eigenvalue weighted by molar-refractivity contribution is 14.1. The zero-order chi connectivity index (χ0) is 10.9. The van der Waals surface area contributed by atoms with E-state index in [0.29, 0.717) is 0 Å². The van der Waals surface area contributed by atoms with Crippen molar-refractivity contribution in [1.82, 2.24) is 4.98 Å².